The molecule has 0 bridgehead atoms. The second-order valence-corrected chi connectivity index (χ2v) is 9.42. The van der Waals surface area contributed by atoms with Crippen molar-refractivity contribution in [2.75, 3.05) is 16.3 Å². The van der Waals surface area contributed by atoms with Gasteiger partial charge in [-0.15, -0.1) is 11.8 Å². The van der Waals surface area contributed by atoms with Crippen LogP contribution in [0.15, 0.2) is 77.7 Å². The fourth-order valence-corrected chi connectivity index (χ4v) is 4.24. The number of nitrogens with one attached hydrogen (secondary N) is 2. The first kappa shape index (κ1) is 21.0. The van der Waals surface area contributed by atoms with Crippen molar-refractivity contribution in [3.8, 4) is 0 Å². The summed E-state index contributed by atoms with van der Waals surface area (Å²) >= 11 is 1.75. The SMILES string of the molecule is Cc1cc(CSc2ccccc2)ccc1NC(=O)c1ccccc1NS(C)(=O)=O. The van der Waals surface area contributed by atoms with Gasteiger partial charge in [0, 0.05) is 16.3 Å². The van der Waals surface area contributed by atoms with Gasteiger partial charge in [0.25, 0.3) is 5.91 Å². The van der Waals surface area contributed by atoms with Crippen LogP contribution < -0.4 is 10.0 Å². The third-order valence-electron chi connectivity index (χ3n) is 4.15. The molecule has 0 aromatic heterocycles. The minimum atomic E-state index is -3.48. The van der Waals surface area contributed by atoms with Crippen LogP contribution in [0, 0.1) is 6.92 Å². The molecule has 3 rings (SSSR count). The van der Waals surface area contributed by atoms with Gasteiger partial charge in [0.15, 0.2) is 0 Å². The molecular formula is C22H22N2O3S2. The number of rotatable bonds is 7. The molecule has 0 unspecified atom stereocenters. The minimum Gasteiger partial charge on any atom is -0.322 e. The lowest BCUT2D eigenvalue weighted by molar-refractivity contribution is 0.102. The maximum atomic E-state index is 12.7. The molecule has 3 aromatic carbocycles. The molecule has 5 nitrogen and oxygen atoms in total. The lowest BCUT2D eigenvalue weighted by atomic mass is 10.1. The predicted molar refractivity (Wildman–Crippen MR) is 120 cm³/mol. The van der Waals surface area contributed by atoms with E-state index < -0.39 is 10.0 Å². The van der Waals surface area contributed by atoms with E-state index in [2.05, 4.69) is 22.2 Å². The second kappa shape index (κ2) is 9.15. The highest BCUT2D eigenvalue weighted by Gasteiger charge is 2.14. The van der Waals surface area contributed by atoms with Crippen LogP contribution in [0.3, 0.4) is 0 Å². The standard InChI is InChI=1S/C22H22N2O3S2/c1-16-14-17(15-28-18-8-4-3-5-9-18)12-13-20(16)23-22(25)19-10-6-7-11-21(19)24-29(2,26)27/h3-14,24H,15H2,1-2H3,(H,23,25). The molecule has 3 aromatic rings. The summed E-state index contributed by atoms with van der Waals surface area (Å²) in [6.07, 6.45) is 1.05. The Morgan fingerprint density at radius 1 is 0.931 bits per heavy atom. The van der Waals surface area contributed by atoms with Crippen LogP contribution in [0.1, 0.15) is 21.5 Å². The maximum Gasteiger partial charge on any atom is 0.257 e. The normalized spacial score (nSPS) is 11.1. The van der Waals surface area contributed by atoms with Crippen molar-refractivity contribution in [2.24, 2.45) is 0 Å². The molecule has 150 valence electrons. The predicted octanol–water partition coefficient (Wildman–Crippen LogP) is 4.91. The summed E-state index contributed by atoms with van der Waals surface area (Å²) in [7, 11) is -3.48. The third-order valence-corrected chi connectivity index (χ3v) is 5.83. The highest BCUT2D eigenvalue weighted by molar-refractivity contribution is 7.98. The van der Waals surface area contributed by atoms with E-state index >= 15 is 0 Å². The zero-order chi connectivity index (χ0) is 20.9. The average Bonchev–Trinajstić information content (AvgIpc) is 2.68. The van der Waals surface area contributed by atoms with Gasteiger partial charge in [-0.25, -0.2) is 8.42 Å². The number of carbonyl (C=O) groups is 1. The van der Waals surface area contributed by atoms with Crippen molar-refractivity contribution in [3.63, 3.8) is 0 Å². The largest absolute Gasteiger partial charge is 0.322 e. The van der Waals surface area contributed by atoms with Crippen molar-refractivity contribution in [3.05, 3.63) is 89.5 Å². The number of hydrogen-bond acceptors (Lipinski definition) is 4. The van der Waals surface area contributed by atoms with Gasteiger partial charge in [-0.2, -0.15) is 0 Å². The van der Waals surface area contributed by atoms with Crippen LogP contribution in [0.2, 0.25) is 0 Å². The summed E-state index contributed by atoms with van der Waals surface area (Å²) in [6, 6.07) is 22.6. The van der Waals surface area contributed by atoms with Crippen LogP contribution in [0.4, 0.5) is 11.4 Å². The average molecular weight is 427 g/mol. The molecule has 0 fully saturated rings. The van der Waals surface area contributed by atoms with Crippen molar-refractivity contribution < 1.29 is 13.2 Å². The van der Waals surface area contributed by atoms with Crippen LogP contribution in [-0.4, -0.2) is 20.6 Å². The smallest absolute Gasteiger partial charge is 0.257 e. The molecule has 0 spiro atoms. The lowest BCUT2D eigenvalue weighted by Gasteiger charge is -2.13. The molecule has 1 amide bonds. The molecule has 0 radical (unpaired) electrons. The zero-order valence-electron chi connectivity index (χ0n) is 16.2. The van der Waals surface area contributed by atoms with Gasteiger partial charge >= 0.3 is 0 Å². The third kappa shape index (κ3) is 6.10. The van der Waals surface area contributed by atoms with Crippen molar-refractivity contribution in [2.45, 2.75) is 17.6 Å². The number of anilines is 2. The van der Waals surface area contributed by atoms with Gasteiger partial charge in [-0.05, 0) is 48.4 Å². The zero-order valence-corrected chi connectivity index (χ0v) is 17.8. The van der Waals surface area contributed by atoms with Crippen molar-refractivity contribution in [1.29, 1.82) is 0 Å². The summed E-state index contributed by atoms with van der Waals surface area (Å²) < 4.78 is 25.5. The highest BCUT2D eigenvalue weighted by atomic mass is 32.2. The van der Waals surface area contributed by atoms with E-state index in [1.54, 1.807) is 36.0 Å². The first-order valence-electron chi connectivity index (χ1n) is 8.97. The van der Waals surface area contributed by atoms with Crippen LogP contribution in [0.5, 0.6) is 0 Å². The van der Waals surface area contributed by atoms with Gasteiger partial charge < -0.3 is 5.32 Å². The first-order chi connectivity index (χ1) is 13.8. The summed E-state index contributed by atoms with van der Waals surface area (Å²) in [6.45, 7) is 1.94. The Morgan fingerprint density at radius 2 is 1.62 bits per heavy atom. The Kier molecular flexibility index (Phi) is 6.61. The van der Waals surface area contributed by atoms with E-state index in [4.69, 9.17) is 0 Å². The molecule has 0 aliphatic rings. The molecule has 0 aliphatic carbocycles. The molecule has 0 saturated carbocycles. The van der Waals surface area contributed by atoms with E-state index in [0.29, 0.717) is 5.69 Å². The highest BCUT2D eigenvalue weighted by Crippen LogP contribution is 2.26. The minimum absolute atomic E-state index is 0.251. The Morgan fingerprint density at radius 3 is 2.31 bits per heavy atom. The summed E-state index contributed by atoms with van der Waals surface area (Å²) in [4.78, 5) is 13.9. The number of aryl methyl sites for hydroxylation is 1. The number of carbonyl (C=O) groups excluding carboxylic acids is 1. The lowest BCUT2D eigenvalue weighted by Crippen LogP contribution is -2.17. The first-order valence-corrected chi connectivity index (χ1v) is 11.8. The van der Waals surface area contributed by atoms with Crippen LogP contribution >= 0.6 is 11.8 Å². The Labute approximate surface area is 175 Å². The van der Waals surface area contributed by atoms with Crippen LogP contribution in [-0.2, 0) is 15.8 Å². The number of benzene rings is 3. The van der Waals surface area contributed by atoms with Gasteiger partial charge in [0.2, 0.25) is 10.0 Å². The molecule has 0 saturated heterocycles. The molecule has 7 heteroatoms. The molecule has 0 aliphatic heterocycles. The van der Waals surface area contributed by atoms with E-state index in [0.717, 1.165) is 23.1 Å². The van der Waals surface area contributed by atoms with Gasteiger partial charge in [-0.1, -0.05) is 42.5 Å². The maximum absolute atomic E-state index is 12.7. The van der Waals surface area contributed by atoms with Gasteiger partial charge in [0.05, 0.1) is 17.5 Å². The Hall–Kier alpha value is -2.77. The topological polar surface area (TPSA) is 75.3 Å². The van der Waals surface area contributed by atoms with Crippen LogP contribution in [0.25, 0.3) is 0 Å². The number of thioether (sulfide) groups is 1. The quantitative estimate of drug-likeness (QED) is 0.526. The molecule has 0 atom stereocenters. The summed E-state index contributed by atoms with van der Waals surface area (Å²) in [5.41, 5.74) is 3.31. The molecule has 0 heterocycles. The number of hydrogen-bond donors (Lipinski definition) is 2. The molecular weight excluding hydrogens is 404 g/mol. The molecule has 2 N–H and O–H groups in total. The van der Waals surface area contributed by atoms with Crippen molar-refractivity contribution in [1.82, 2.24) is 0 Å². The van der Waals surface area contributed by atoms with E-state index in [-0.39, 0.29) is 17.2 Å². The number of sulfonamides is 1. The number of amides is 1. The van der Waals surface area contributed by atoms with E-state index in [9.17, 15) is 13.2 Å². The summed E-state index contributed by atoms with van der Waals surface area (Å²) in [5, 5.41) is 2.87. The van der Waals surface area contributed by atoms with Crippen molar-refractivity contribution >= 4 is 39.1 Å². The summed E-state index contributed by atoms with van der Waals surface area (Å²) in [5.74, 6) is 0.464. The second-order valence-electron chi connectivity index (χ2n) is 6.62. The molecule has 29 heavy (non-hydrogen) atoms. The van der Waals surface area contributed by atoms with E-state index in [1.807, 2.05) is 43.3 Å². The Balaban J connectivity index is 1.71. The fourth-order valence-electron chi connectivity index (χ4n) is 2.80. The monoisotopic (exact) mass is 426 g/mol. The Bertz CT molecular complexity index is 1110. The van der Waals surface area contributed by atoms with E-state index in [1.165, 1.54) is 4.90 Å². The fraction of sp³-hybridized carbons (Fsp3) is 0.136. The van der Waals surface area contributed by atoms with Gasteiger partial charge in [-0.3, -0.25) is 9.52 Å². The number of para-hydroxylation sites is 1. The van der Waals surface area contributed by atoms with Gasteiger partial charge in [0.1, 0.15) is 0 Å².